The van der Waals surface area contributed by atoms with Gasteiger partial charge in [-0.15, -0.1) is 0 Å². The van der Waals surface area contributed by atoms with E-state index in [0.717, 1.165) is 23.9 Å². The lowest BCUT2D eigenvalue weighted by Crippen LogP contribution is -2.38. The van der Waals surface area contributed by atoms with Gasteiger partial charge in [0.1, 0.15) is 11.6 Å². The molecule has 2 aromatic carbocycles. The van der Waals surface area contributed by atoms with Crippen molar-refractivity contribution in [1.29, 1.82) is 0 Å². The highest BCUT2D eigenvalue weighted by atomic mass is 19.2. The predicted molar refractivity (Wildman–Crippen MR) is 129 cm³/mol. The van der Waals surface area contributed by atoms with E-state index in [1.165, 1.54) is 7.05 Å². The molecule has 0 unspecified atom stereocenters. The summed E-state index contributed by atoms with van der Waals surface area (Å²) >= 11 is 0. The number of ether oxygens (including phenoxy) is 1. The van der Waals surface area contributed by atoms with Gasteiger partial charge in [-0.05, 0) is 36.5 Å². The number of pyridine rings is 1. The van der Waals surface area contributed by atoms with E-state index in [1.54, 1.807) is 0 Å². The smallest absolute Gasteiger partial charge is 0.340 e. The highest BCUT2D eigenvalue weighted by Crippen LogP contribution is 2.25. The van der Waals surface area contributed by atoms with Gasteiger partial charge < -0.3 is 15.2 Å². The van der Waals surface area contributed by atoms with Gasteiger partial charge in [-0.1, -0.05) is 44.2 Å². The minimum absolute atomic E-state index is 0.0638. The second-order valence-corrected chi connectivity index (χ2v) is 9.16. The fourth-order valence-electron chi connectivity index (χ4n) is 4.13. The van der Waals surface area contributed by atoms with Crippen LogP contribution in [0.3, 0.4) is 0 Å². The topological polar surface area (TPSA) is 88.5 Å². The summed E-state index contributed by atoms with van der Waals surface area (Å²) in [5.74, 6) is -5.90. The van der Waals surface area contributed by atoms with Crippen LogP contribution >= 0.6 is 0 Å². The number of fused-ring (bicyclic) bond motifs is 1. The van der Waals surface area contributed by atoms with Crippen molar-refractivity contribution >= 4 is 22.8 Å². The molecule has 1 heterocycles. The third-order valence-corrected chi connectivity index (χ3v) is 5.91. The zero-order valence-corrected chi connectivity index (χ0v) is 20.3. The van der Waals surface area contributed by atoms with Crippen LogP contribution in [0.4, 0.5) is 13.2 Å². The van der Waals surface area contributed by atoms with Crippen LogP contribution < -0.4 is 5.32 Å². The Bertz CT molecular complexity index is 1220. The highest BCUT2D eigenvalue weighted by molar-refractivity contribution is 5.94. The molecule has 3 atom stereocenters. The number of hydrogen-bond donors (Lipinski definition) is 2. The number of carbonyl (C=O) groups excluding carboxylic acids is 2. The summed E-state index contributed by atoms with van der Waals surface area (Å²) < 4.78 is 46.8. The van der Waals surface area contributed by atoms with Gasteiger partial charge in [-0.2, -0.15) is 0 Å². The molecule has 9 heteroatoms. The number of rotatable bonds is 10. The van der Waals surface area contributed by atoms with E-state index in [0.29, 0.717) is 6.42 Å². The van der Waals surface area contributed by atoms with Crippen molar-refractivity contribution < 1.29 is 32.6 Å². The monoisotopic (exact) mass is 502 g/mol. The van der Waals surface area contributed by atoms with Crippen LogP contribution in [0, 0.1) is 29.3 Å². The number of nitrogens with zero attached hydrogens (tertiary/aromatic N) is 1. The zero-order chi connectivity index (χ0) is 26.4. The van der Waals surface area contributed by atoms with E-state index in [2.05, 4.69) is 10.3 Å². The maximum absolute atomic E-state index is 14.0. The third kappa shape index (κ3) is 6.60. The molecule has 6 nitrogen and oxygen atoms in total. The number of halogens is 3. The Labute approximate surface area is 207 Å². The quantitative estimate of drug-likeness (QED) is 0.313. The Hall–Kier alpha value is -3.46. The first kappa shape index (κ1) is 27.1. The molecule has 0 bridgehead atoms. The lowest BCUT2D eigenvalue weighted by molar-refractivity contribution is -0.126. The molecule has 2 N–H and O–H groups in total. The maximum atomic E-state index is 14.0. The number of aliphatic hydroxyl groups excluding tert-OH is 1. The zero-order valence-electron chi connectivity index (χ0n) is 20.3. The predicted octanol–water partition coefficient (Wildman–Crippen LogP) is 4.58. The van der Waals surface area contributed by atoms with E-state index < -0.39 is 47.1 Å². The van der Waals surface area contributed by atoms with Crippen LogP contribution in [0.25, 0.3) is 10.9 Å². The molecule has 3 rings (SSSR count). The minimum Gasteiger partial charge on any atom is -0.456 e. The third-order valence-electron chi connectivity index (χ3n) is 5.91. The average molecular weight is 503 g/mol. The van der Waals surface area contributed by atoms with Crippen molar-refractivity contribution in [1.82, 2.24) is 10.3 Å². The molecule has 0 aliphatic heterocycles. The summed E-state index contributed by atoms with van der Waals surface area (Å²) in [6, 6.07) is 11.0. The summed E-state index contributed by atoms with van der Waals surface area (Å²) in [5, 5.41) is 13.5. The van der Waals surface area contributed by atoms with E-state index >= 15 is 0 Å². The van der Waals surface area contributed by atoms with E-state index in [-0.39, 0.29) is 35.6 Å². The van der Waals surface area contributed by atoms with Gasteiger partial charge in [-0.25, -0.2) is 18.0 Å². The molecule has 0 aliphatic carbocycles. The van der Waals surface area contributed by atoms with Gasteiger partial charge in [0.25, 0.3) is 0 Å². The van der Waals surface area contributed by atoms with Crippen molar-refractivity contribution in [2.45, 2.75) is 45.3 Å². The summed E-state index contributed by atoms with van der Waals surface area (Å²) in [4.78, 5) is 29.1. The molecule has 1 amide bonds. The summed E-state index contributed by atoms with van der Waals surface area (Å²) in [5.41, 5.74) is 0.252. The SMILES string of the molecule is CNC(=O)[C@H](CC(C)C)C[C@H](O)[C@H](Cc1ccccc1)OC(=O)c1cnc2c(F)c(F)c(F)cc2c1. The van der Waals surface area contributed by atoms with Crippen molar-refractivity contribution in [2.24, 2.45) is 11.8 Å². The fourth-order valence-corrected chi connectivity index (χ4v) is 4.13. The van der Waals surface area contributed by atoms with Gasteiger partial charge >= 0.3 is 5.97 Å². The van der Waals surface area contributed by atoms with Crippen LogP contribution in [0.2, 0.25) is 0 Å². The van der Waals surface area contributed by atoms with Gasteiger partial charge in [0.2, 0.25) is 5.91 Å². The van der Waals surface area contributed by atoms with E-state index in [4.69, 9.17) is 4.74 Å². The van der Waals surface area contributed by atoms with Crippen molar-refractivity contribution in [3.05, 3.63) is 77.2 Å². The molecule has 0 saturated heterocycles. The highest BCUT2D eigenvalue weighted by Gasteiger charge is 2.30. The fraction of sp³-hybridized carbons (Fsp3) is 0.370. The second kappa shape index (κ2) is 12.0. The number of amides is 1. The lowest BCUT2D eigenvalue weighted by atomic mass is 9.88. The number of esters is 1. The number of aromatic nitrogens is 1. The number of hydrogen-bond acceptors (Lipinski definition) is 5. The first-order valence-corrected chi connectivity index (χ1v) is 11.7. The van der Waals surface area contributed by atoms with Crippen LogP contribution in [0.5, 0.6) is 0 Å². The molecular formula is C27H29F3N2O4. The molecule has 0 radical (unpaired) electrons. The average Bonchev–Trinajstić information content (AvgIpc) is 2.86. The first-order valence-electron chi connectivity index (χ1n) is 11.7. The molecule has 0 spiro atoms. The Morgan fingerprint density at radius 2 is 1.75 bits per heavy atom. The number of nitrogens with one attached hydrogen (secondary N) is 1. The Balaban J connectivity index is 1.87. The number of benzene rings is 2. The minimum atomic E-state index is -1.65. The standard InChI is InChI=1S/C27H29F3N2O4/c1-15(2)9-18(26(34)31-3)13-21(33)22(10-16-7-5-4-6-8-16)36-27(35)19-11-17-12-20(28)23(29)24(30)25(17)32-14-19/h4-8,11-12,14-15,18,21-22,33H,9-10,13H2,1-3H3,(H,31,34)/t18-,21+,22+/m1/s1. The second-order valence-electron chi connectivity index (χ2n) is 9.16. The largest absolute Gasteiger partial charge is 0.456 e. The lowest BCUT2D eigenvalue weighted by Gasteiger charge is -2.27. The molecule has 3 aromatic rings. The van der Waals surface area contributed by atoms with Crippen molar-refractivity contribution in [2.75, 3.05) is 7.05 Å². The van der Waals surface area contributed by atoms with Crippen molar-refractivity contribution in [3.63, 3.8) is 0 Å². The first-order chi connectivity index (χ1) is 17.1. The van der Waals surface area contributed by atoms with Crippen molar-refractivity contribution in [3.8, 4) is 0 Å². The summed E-state index contributed by atoms with van der Waals surface area (Å²) in [6.07, 6.45) is -0.419. The van der Waals surface area contributed by atoms with Crippen LogP contribution in [0.1, 0.15) is 42.6 Å². The van der Waals surface area contributed by atoms with Gasteiger partial charge in [0.05, 0.1) is 11.7 Å². The maximum Gasteiger partial charge on any atom is 0.340 e. The van der Waals surface area contributed by atoms with Gasteiger partial charge in [0, 0.05) is 31.0 Å². The normalized spacial score (nSPS) is 13.9. The molecule has 36 heavy (non-hydrogen) atoms. The molecule has 192 valence electrons. The summed E-state index contributed by atoms with van der Waals surface area (Å²) in [6.45, 7) is 3.93. The number of aliphatic hydroxyl groups is 1. The van der Waals surface area contributed by atoms with Gasteiger partial charge in [-0.3, -0.25) is 9.78 Å². The molecular weight excluding hydrogens is 473 g/mol. The van der Waals surface area contributed by atoms with Crippen LogP contribution in [0.15, 0.2) is 48.7 Å². The molecule has 0 aliphatic rings. The summed E-state index contributed by atoms with van der Waals surface area (Å²) in [7, 11) is 1.52. The number of carbonyl (C=O) groups is 2. The van der Waals surface area contributed by atoms with E-state index in [9.17, 15) is 27.9 Å². The molecule has 0 saturated carbocycles. The molecule has 1 aromatic heterocycles. The van der Waals surface area contributed by atoms with Gasteiger partial charge in [0.15, 0.2) is 17.5 Å². The van der Waals surface area contributed by atoms with E-state index in [1.807, 2.05) is 44.2 Å². The van der Waals surface area contributed by atoms with Crippen LogP contribution in [-0.2, 0) is 16.0 Å². The Morgan fingerprint density at radius 3 is 2.39 bits per heavy atom. The Kier molecular flexibility index (Phi) is 9.03. The van der Waals surface area contributed by atoms with Crippen LogP contribution in [-0.4, -0.2) is 41.2 Å². The Morgan fingerprint density at radius 1 is 1.06 bits per heavy atom. The molecule has 0 fully saturated rings.